The molecule has 2 rings (SSSR count). The van der Waals surface area contributed by atoms with Crippen LogP contribution in [0.4, 0.5) is 17.1 Å². The number of ether oxygens (including phenoxy) is 1. The third-order valence-corrected chi connectivity index (χ3v) is 3.31. The number of nitro groups is 2. The van der Waals surface area contributed by atoms with Gasteiger partial charge in [-0.2, -0.15) is 0 Å². The summed E-state index contributed by atoms with van der Waals surface area (Å²) < 4.78 is 5.05. The van der Waals surface area contributed by atoms with Gasteiger partial charge in [0.05, 0.1) is 22.6 Å². The van der Waals surface area contributed by atoms with Gasteiger partial charge in [-0.3, -0.25) is 25.0 Å². The molecule has 1 amide bonds. The Morgan fingerprint density at radius 3 is 2.42 bits per heavy atom. The monoisotopic (exact) mass is 331 g/mol. The van der Waals surface area contributed by atoms with Crippen LogP contribution in [0.3, 0.4) is 0 Å². The first-order valence-electron chi connectivity index (χ1n) is 6.73. The first-order chi connectivity index (χ1) is 11.3. The molecule has 0 aliphatic heterocycles. The number of amides is 1. The number of nitrogens with one attached hydrogen (secondary N) is 1. The van der Waals surface area contributed by atoms with Crippen LogP contribution in [-0.2, 0) is 0 Å². The van der Waals surface area contributed by atoms with E-state index in [0.29, 0.717) is 5.56 Å². The van der Waals surface area contributed by atoms with Crippen LogP contribution in [0.1, 0.15) is 15.9 Å². The summed E-state index contributed by atoms with van der Waals surface area (Å²) in [5.74, 6) is -0.562. The molecule has 0 radical (unpaired) electrons. The average Bonchev–Trinajstić information content (AvgIpc) is 2.53. The quantitative estimate of drug-likeness (QED) is 0.663. The van der Waals surface area contributed by atoms with Crippen LogP contribution in [0, 0.1) is 27.2 Å². The second-order valence-electron chi connectivity index (χ2n) is 4.82. The standard InChI is InChI=1S/C15H13N3O6/c1-9-4-3-5-11(14(9)18(22)23)15(19)16-12-8-10(17(20)21)6-7-13(12)24-2/h3-8H,1-2H3,(H,16,19). The number of nitro benzene ring substituents is 2. The highest BCUT2D eigenvalue weighted by molar-refractivity contribution is 6.08. The van der Waals surface area contributed by atoms with E-state index < -0.39 is 15.8 Å². The van der Waals surface area contributed by atoms with Gasteiger partial charge in [0.1, 0.15) is 11.3 Å². The molecule has 0 saturated carbocycles. The van der Waals surface area contributed by atoms with E-state index in [0.717, 1.165) is 6.07 Å². The van der Waals surface area contributed by atoms with E-state index in [1.165, 1.54) is 44.4 Å². The summed E-state index contributed by atoms with van der Waals surface area (Å²) in [5.41, 5.74) is -0.330. The zero-order valence-corrected chi connectivity index (χ0v) is 12.8. The Balaban J connectivity index is 2.44. The number of non-ortho nitro benzene ring substituents is 1. The minimum Gasteiger partial charge on any atom is -0.495 e. The van der Waals surface area contributed by atoms with Gasteiger partial charge in [-0.15, -0.1) is 0 Å². The van der Waals surface area contributed by atoms with Crippen LogP contribution in [0.25, 0.3) is 0 Å². The second-order valence-corrected chi connectivity index (χ2v) is 4.82. The number of para-hydroxylation sites is 1. The number of anilines is 1. The molecule has 2 aromatic carbocycles. The number of hydrogen-bond donors (Lipinski definition) is 1. The summed E-state index contributed by atoms with van der Waals surface area (Å²) in [4.78, 5) is 33.2. The van der Waals surface area contributed by atoms with Crippen molar-refractivity contribution in [2.45, 2.75) is 6.92 Å². The summed E-state index contributed by atoms with van der Waals surface area (Å²) >= 11 is 0. The van der Waals surface area contributed by atoms with Crippen molar-refractivity contribution in [1.82, 2.24) is 0 Å². The maximum atomic E-state index is 12.4. The number of carbonyl (C=O) groups is 1. The molecule has 0 bridgehead atoms. The van der Waals surface area contributed by atoms with Crippen LogP contribution in [-0.4, -0.2) is 22.9 Å². The Morgan fingerprint density at radius 2 is 1.83 bits per heavy atom. The number of hydrogen-bond acceptors (Lipinski definition) is 6. The molecule has 24 heavy (non-hydrogen) atoms. The Kier molecular flexibility index (Phi) is 4.73. The van der Waals surface area contributed by atoms with Gasteiger partial charge in [-0.25, -0.2) is 0 Å². The van der Waals surface area contributed by atoms with Crippen molar-refractivity contribution in [3.8, 4) is 5.75 Å². The molecule has 0 aliphatic rings. The number of methoxy groups -OCH3 is 1. The molecule has 9 nitrogen and oxygen atoms in total. The fourth-order valence-electron chi connectivity index (χ4n) is 2.18. The lowest BCUT2D eigenvalue weighted by molar-refractivity contribution is -0.385. The molecule has 9 heteroatoms. The summed E-state index contributed by atoms with van der Waals surface area (Å²) in [5, 5.41) is 24.5. The van der Waals surface area contributed by atoms with E-state index in [-0.39, 0.29) is 28.4 Å². The molecule has 0 unspecified atom stereocenters. The fourth-order valence-corrected chi connectivity index (χ4v) is 2.18. The maximum absolute atomic E-state index is 12.4. The Bertz CT molecular complexity index is 834. The smallest absolute Gasteiger partial charge is 0.285 e. The Labute approximate surface area is 136 Å². The predicted octanol–water partition coefficient (Wildman–Crippen LogP) is 3.07. The number of aryl methyl sites for hydroxylation is 1. The number of benzene rings is 2. The summed E-state index contributed by atoms with van der Waals surface area (Å²) in [6.45, 7) is 1.52. The van der Waals surface area contributed by atoms with Crippen LogP contribution >= 0.6 is 0 Å². The lowest BCUT2D eigenvalue weighted by atomic mass is 10.1. The maximum Gasteiger partial charge on any atom is 0.285 e. The summed E-state index contributed by atoms with van der Waals surface area (Å²) in [7, 11) is 1.34. The molecule has 0 atom stereocenters. The van der Waals surface area contributed by atoms with Crippen LogP contribution in [0.2, 0.25) is 0 Å². The van der Waals surface area contributed by atoms with Gasteiger partial charge in [0.25, 0.3) is 17.3 Å². The zero-order valence-electron chi connectivity index (χ0n) is 12.8. The van der Waals surface area contributed by atoms with E-state index in [2.05, 4.69) is 5.32 Å². The molecular weight excluding hydrogens is 318 g/mol. The third-order valence-electron chi connectivity index (χ3n) is 3.31. The van der Waals surface area contributed by atoms with Crippen molar-refractivity contribution >= 4 is 23.0 Å². The van der Waals surface area contributed by atoms with Crippen molar-refractivity contribution in [2.75, 3.05) is 12.4 Å². The van der Waals surface area contributed by atoms with Gasteiger partial charge in [-0.1, -0.05) is 12.1 Å². The zero-order chi connectivity index (χ0) is 17.9. The Hall–Kier alpha value is -3.49. The highest BCUT2D eigenvalue weighted by atomic mass is 16.6. The van der Waals surface area contributed by atoms with Crippen molar-refractivity contribution in [3.05, 3.63) is 67.8 Å². The second kappa shape index (κ2) is 6.73. The first kappa shape index (κ1) is 16.9. The minimum atomic E-state index is -0.760. The molecule has 0 heterocycles. The molecule has 0 spiro atoms. The van der Waals surface area contributed by atoms with Gasteiger partial charge in [0, 0.05) is 17.7 Å². The highest BCUT2D eigenvalue weighted by Gasteiger charge is 2.23. The van der Waals surface area contributed by atoms with Gasteiger partial charge < -0.3 is 10.1 Å². The topological polar surface area (TPSA) is 125 Å². The first-order valence-corrected chi connectivity index (χ1v) is 6.73. The third kappa shape index (κ3) is 3.29. The normalized spacial score (nSPS) is 10.1. The van der Waals surface area contributed by atoms with Gasteiger partial charge in [0.2, 0.25) is 0 Å². The largest absolute Gasteiger partial charge is 0.495 e. The van der Waals surface area contributed by atoms with Gasteiger partial charge >= 0.3 is 0 Å². The van der Waals surface area contributed by atoms with E-state index in [1.807, 2.05) is 0 Å². The van der Waals surface area contributed by atoms with E-state index in [1.54, 1.807) is 0 Å². The van der Waals surface area contributed by atoms with E-state index in [9.17, 15) is 25.0 Å². The summed E-state index contributed by atoms with van der Waals surface area (Å²) in [6.07, 6.45) is 0. The number of nitrogens with zero attached hydrogens (tertiary/aromatic N) is 2. The van der Waals surface area contributed by atoms with Crippen LogP contribution in [0.5, 0.6) is 5.75 Å². The molecular formula is C15H13N3O6. The molecule has 1 N–H and O–H groups in total. The SMILES string of the molecule is COc1ccc([N+](=O)[O-])cc1NC(=O)c1cccc(C)c1[N+](=O)[O-]. The minimum absolute atomic E-state index is 0.0486. The highest BCUT2D eigenvalue weighted by Crippen LogP contribution is 2.30. The molecule has 0 aromatic heterocycles. The number of rotatable bonds is 5. The van der Waals surface area contributed by atoms with Crippen molar-refractivity contribution in [2.24, 2.45) is 0 Å². The van der Waals surface area contributed by atoms with Crippen LogP contribution < -0.4 is 10.1 Å². The summed E-state index contributed by atoms with van der Waals surface area (Å²) in [6, 6.07) is 8.02. The molecule has 0 fully saturated rings. The van der Waals surface area contributed by atoms with Crippen molar-refractivity contribution < 1.29 is 19.4 Å². The van der Waals surface area contributed by atoms with Crippen molar-refractivity contribution in [1.29, 1.82) is 0 Å². The van der Waals surface area contributed by atoms with E-state index in [4.69, 9.17) is 4.74 Å². The fraction of sp³-hybridized carbons (Fsp3) is 0.133. The van der Waals surface area contributed by atoms with Gasteiger partial charge in [0.15, 0.2) is 0 Å². The number of carbonyl (C=O) groups excluding carboxylic acids is 1. The molecule has 0 aliphatic carbocycles. The lowest BCUT2D eigenvalue weighted by Crippen LogP contribution is -2.15. The van der Waals surface area contributed by atoms with Crippen LogP contribution in [0.15, 0.2) is 36.4 Å². The predicted molar refractivity (Wildman–Crippen MR) is 85.4 cm³/mol. The average molecular weight is 331 g/mol. The lowest BCUT2D eigenvalue weighted by Gasteiger charge is -2.10. The van der Waals surface area contributed by atoms with E-state index >= 15 is 0 Å². The molecule has 2 aromatic rings. The van der Waals surface area contributed by atoms with Gasteiger partial charge in [-0.05, 0) is 19.1 Å². The molecule has 0 saturated heterocycles. The molecule has 124 valence electrons. The Morgan fingerprint density at radius 1 is 1.12 bits per heavy atom. The van der Waals surface area contributed by atoms with Crippen molar-refractivity contribution in [3.63, 3.8) is 0 Å².